The van der Waals surface area contributed by atoms with E-state index < -0.39 is 0 Å². The van der Waals surface area contributed by atoms with Gasteiger partial charge in [0.2, 0.25) is 0 Å². The second kappa shape index (κ2) is 3.52. The zero-order chi connectivity index (χ0) is 9.26. The largest absolute Gasteiger partial charge is 0.463 e. The topological polar surface area (TPSA) is 26.3 Å². The fourth-order valence-corrected chi connectivity index (χ4v) is 2.40. The Morgan fingerprint density at radius 1 is 1.46 bits per heavy atom. The zero-order valence-corrected chi connectivity index (χ0v) is 8.08. The summed E-state index contributed by atoms with van der Waals surface area (Å²) in [5, 5.41) is 0. The summed E-state index contributed by atoms with van der Waals surface area (Å²) < 4.78 is 4.88. The number of ether oxygens (including phenoxy) is 1. The van der Waals surface area contributed by atoms with Crippen molar-refractivity contribution in [2.75, 3.05) is 6.61 Å². The molecule has 0 bridgehead atoms. The summed E-state index contributed by atoms with van der Waals surface area (Å²) in [6.07, 6.45) is 6.97. The lowest BCUT2D eigenvalue weighted by atomic mass is 10.0. The average molecular weight is 180 g/mol. The van der Waals surface area contributed by atoms with Crippen molar-refractivity contribution in [1.29, 1.82) is 0 Å². The highest BCUT2D eigenvalue weighted by molar-refractivity contribution is 5.84. The first kappa shape index (κ1) is 8.79. The normalized spacial score (nSPS) is 30.7. The first-order chi connectivity index (χ1) is 6.33. The first-order valence-electron chi connectivity index (χ1n) is 5.21. The third-order valence-corrected chi connectivity index (χ3v) is 3.08. The van der Waals surface area contributed by atoms with E-state index in [1.807, 2.05) is 6.92 Å². The smallest absolute Gasteiger partial charge is 0.330 e. The monoisotopic (exact) mass is 180 g/mol. The Kier molecular flexibility index (Phi) is 2.38. The van der Waals surface area contributed by atoms with E-state index >= 15 is 0 Å². The predicted octanol–water partition coefficient (Wildman–Crippen LogP) is 2.30. The number of hydrogen-bond donors (Lipinski definition) is 0. The maximum Gasteiger partial charge on any atom is 0.330 e. The lowest BCUT2D eigenvalue weighted by molar-refractivity contribution is -0.137. The van der Waals surface area contributed by atoms with Crippen molar-refractivity contribution in [2.45, 2.75) is 32.6 Å². The van der Waals surface area contributed by atoms with Gasteiger partial charge in [-0.05, 0) is 31.6 Å². The zero-order valence-electron chi connectivity index (χ0n) is 8.08. The number of carbonyl (C=O) groups is 1. The van der Waals surface area contributed by atoms with Gasteiger partial charge in [-0.3, -0.25) is 0 Å². The molecule has 13 heavy (non-hydrogen) atoms. The summed E-state index contributed by atoms with van der Waals surface area (Å²) in [6.45, 7) is 2.33. The van der Waals surface area contributed by atoms with Crippen molar-refractivity contribution < 1.29 is 9.53 Å². The minimum atomic E-state index is -0.146. The van der Waals surface area contributed by atoms with Crippen LogP contribution in [0.1, 0.15) is 32.6 Å². The molecule has 0 heterocycles. The summed E-state index contributed by atoms with van der Waals surface area (Å²) in [5.74, 6) is 1.32. The molecular weight excluding hydrogens is 164 g/mol. The van der Waals surface area contributed by atoms with Gasteiger partial charge in [-0.1, -0.05) is 18.4 Å². The van der Waals surface area contributed by atoms with Gasteiger partial charge in [-0.25, -0.2) is 4.79 Å². The molecule has 2 aliphatic carbocycles. The molecule has 2 fully saturated rings. The van der Waals surface area contributed by atoms with Gasteiger partial charge < -0.3 is 4.74 Å². The van der Waals surface area contributed by atoms with Crippen molar-refractivity contribution in [3.8, 4) is 0 Å². The summed E-state index contributed by atoms with van der Waals surface area (Å²) >= 11 is 0. The molecule has 2 aliphatic rings. The molecule has 0 aromatic carbocycles. The third-order valence-electron chi connectivity index (χ3n) is 3.08. The molecule has 2 rings (SSSR count). The maximum atomic E-state index is 11.1. The summed E-state index contributed by atoms with van der Waals surface area (Å²) in [5.41, 5.74) is 1.36. The van der Waals surface area contributed by atoms with E-state index in [4.69, 9.17) is 4.74 Å². The van der Waals surface area contributed by atoms with Gasteiger partial charge in [0.25, 0.3) is 0 Å². The number of rotatable bonds is 2. The van der Waals surface area contributed by atoms with Crippen molar-refractivity contribution >= 4 is 5.97 Å². The van der Waals surface area contributed by atoms with E-state index in [9.17, 15) is 4.79 Å². The second-order valence-electron chi connectivity index (χ2n) is 3.89. The molecule has 0 saturated heterocycles. The van der Waals surface area contributed by atoms with Crippen molar-refractivity contribution in [3.63, 3.8) is 0 Å². The molecule has 2 heteroatoms. The molecule has 0 N–H and O–H groups in total. The Bertz CT molecular complexity index is 228. The van der Waals surface area contributed by atoms with Crippen LogP contribution in [0.25, 0.3) is 0 Å². The fourth-order valence-electron chi connectivity index (χ4n) is 2.40. The first-order valence-corrected chi connectivity index (χ1v) is 5.21. The van der Waals surface area contributed by atoms with Gasteiger partial charge in [-0.15, -0.1) is 0 Å². The molecular formula is C11H16O2. The van der Waals surface area contributed by atoms with Crippen molar-refractivity contribution in [2.24, 2.45) is 11.8 Å². The van der Waals surface area contributed by atoms with E-state index in [1.54, 1.807) is 6.08 Å². The van der Waals surface area contributed by atoms with Crippen LogP contribution in [0, 0.1) is 11.8 Å². The van der Waals surface area contributed by atoms with Gasteiger partial charge in [0.05, 0.1) is 6.61 Å². The number of fused-ring (bicyclic) bond motifs is 1. The molecule has 0 radical (unpaired) electrons. The molecule has 0 aromatic rings. The van der Waals surface area contributed by atoms with Gasteiger partial charge in [0.1, 0.15) is 0 Å². The number of carbonyl (C=O) groups excluding carboxylic acids is 1. The Hall–Kier alpha value is -0.790. The second-order valence-corrected chi connectivity index (χ2v) is 3.89. The molecule has 2 saturated carbocycles. The van der Waals surface area contributed by atoms with Crippen LogP contribution in [0.5, 0.6) is 0 Å². The summed E-state index contributed by atoms with van der Waals surface area (Å²) in [7, 11) is 0. The van der Waals surface area contributed by atoms with Crippen LogP contribution in [0.4, 0.5) is 0 Å². The lowest BCUT2D eigenvalue weighted by Crippen LogP contribution is -1.98. The number of hydrogen-bond acceptors (Lipinski definition) is 2. The van der Waals surface area contributed by atoms with Crippen LogP contribution in [0.2, 0.25) is 0 Å². The summed E-state index contributed by atoms with van der Waals surface area (Å²) in [4.78, 5) is 11.1. The maximum absolute atomic E-state index is 11.1. The lowest BCUT2D eigenvalue weighted by Gasteiger charge is -2.04. The number of allylic oxidation sites excluding steroid dienone is 1. The quantitative estimate of drug-likeness (QED) is 0.481. The van der Waals surface area contributed by atoms with Crippen LogP contribution >= 0.6 is 0 Å². The molecule has 0 aromatic heterocycles. The Balaban J connectivity index is 1.92. The molecule has 0 amide bonds. The van der Waals surface area contributed by atoms with E-state index in [1.165, 1.54) is 31.3 Å². The van der Waals surface area contributed by atoms with Gasteiger partial charge in [0, 0.05) is 6.08 Å². The molecule has 0 aliphatic heterocycles. The van der Waals surface area contributed by atoms with Crippen LogP contribution in [-0.4, -0.2) is 12.6 Å². The highest BCUT2D eigenvalue weighted by atomic mass is 16.5. The Morgan fingerprint density at radius 3 is 2.62 bits per heavy atom. The summed E-state index contributed by atoms with van der Waals surface area (Å²) in [6, 6.07) is 0. The fraction of sp³-hybridized carbons (Fsp3) is 0.727. The highest BCUT2D eigenvalue weighted by Gasteiger charge is 2.45. The SMILES string of the molecule is CCOC(=O)C=C1C2CCCCC12. The Labute approximate surface area is 79.0 Å². The van der Waals surface area contributed by atoms with E-state index in [0.29, 0.717) is 6.61 Å². The molecule has 72 valence electrons. The number of esters is 1. The van der Waals surface area contributed by atoms with Crippen molar-refractivity contribution in [3.05, 3.63) is 11.6 Å². The van der Waals surface area contributed by atoms with Gasteiger partial charge in [0.15, 0.2) is 0 Å². The standard InChI is InChI=1S/C11H16O2/c1-2-13-11(12)7-10-8-5-3-4-6-9(8)10/h7-9H,2-6H2,1H3. The average Bonchev–Trinajstić information content (AvgIpc) is 2.80. The van der Waals surface area contributed by atoms with Crippen molar-refractivity contribution in [1.82, 2.24) is 0 Å². The Morgan fingerprint density at radius 2 is 2.08 bits per heavy atom. The highest BCUT2D eigenvalue weighted by Crippen LogP contribution is 2.54. The van der Waals surface area contributed by atoms with E-state index in [2.05, 4.69) is 0 Å². The minimum absolute atomic E-state index is 0.146. The van der Waals surface area contributed by atoms with Crippen LogP contribution < -0.4 is 0 Å². The van der Waals surface area contributed by atoms with Gasteiger partial charge in [-0.2, -0.15) is 0 Å². The molecule has 2 nitrogen and oxygen atoms in total. The van der Waals surface area contributed by atoms with E-state index in [-0.39, 0.29) is 5.97 Å². The van der Waals surface area contributed by atoms with E-state index in [0.717, 1.165) is 11.8 Å². The molecule has 2 unspecified atom stereocenters. The van der Waals surface area contributed by atoms with Crippen LogP contribution in [0.15, 0.2) is 11.6 Å². The van der Waals surface area contributed by atoms with Gasteiger partial charge >= 0.3 is 5.97 Å². The molecule has 0 spiro atoms. The predicted molar refractivity (Wildman–Crippen MR) is 50.2 cm³/mol. The van der Waals surface area contributed by atoms with Crippen LogP contribution in [-0.2, 0) is 9.53 Å². The third kappa shape index (κ3) is 1.77. The minimum Gasteiger partial charge on any atom is -0.463 e. The van der Waals surface area contributed by atoms with Crippen LogP contribution in [0.3, 0.4) is 0 Å². The molecule has 2 atom stereocenters.